The molecular formula is C12H13NOS. The summed E-state index contributed by atoms with van der Waals surface area (Å²) in [5, 5.41) is 1.12. The third-order valence-electron chi connectivity index (χ3n) is 2.21. The Morgan fingerprint density at radius 1 is 1.27 bits per heavy atom. The Balaban J connectivity index is 2.11. The van der Waals surface area contributed by atoms with Gasteiger partial charge in [0, 0.05) is 17.5 Å². The normalized spacial score (nSPS) is 10.3. The van der Waals surface area contributed by atoms with Crippen molar-refractivity contribution < 1.29 is 4.74 Å². The SMILES string of the molecule is COc1ccc(Cc2cnc(C)s2)cc1. The second kappa shape index (κ2) is 4.45. The van der Waals surface area contributed by atoms with Crippen LogP contribution in [0, 0.1) is 6.92 Å². The fourth-order valence-electron chi connectivity index (χ4n) is 1.43. The Hall–Kier alpha value is -1.35. The monoisotopic (exact) mass is 219 g/mol. The zero-order valence-corrected chi connectivity index (χ0v) is 9.67. The maximum atomic E-state index is 5.11. The van der Waals surface area contributed by atoms with Gasteiger partial charge in [0.25, 0.3) is 0 Å². The fraction of sp³-hybridized carbons (Fsp3) is 0.250. The summed E-state index contributed by atoms with van der Waals surface area (Å²) in [6.07, 6.45) is 2.90. The van der Waals surface area contributed by atoms with Gasteiger partial charge in [-0.25, -0.2) is 4.98 Å². The highest BCUT2D eigenvalue weighted by Gasteiger charge is 2.00. The van der Waals surface area contributed by atoms with Gasteiger partial charge in [-0.2, -0.15) is 0 Å². The van der Waals surface area contributed by atoms with Crippen molar-refractivity contribution in [2.24, 2.45) is 0 Å². The third-order valence-corrected chi connectivity index (χ3v) is 3.12. The summed E-state index contributed by atoms with van der Waals surface area (Å²) >= 11 is 1.75. The van der Waals surface area contributed by atoms with Gasteiger partial charge >= 0.3 is 0 Å². The Kier molecular flexibility index (Phi) is 3.02. The van der Waals surface area contributed by atoms with E-state index in [1.54, 1.807) is 18.4 Å². The van der Waals surface area contributed by atoms with Crippen molar-refractivity contribution in [3.05, 3.63) is 45.9 Å². The molecule has 15 heavy (non-hydrogen) atoms. The minimum absolute atomic E-state index is 0.902. The van der Waals surface area contributed by atoms with Gasteiger partial charge < -0.3 is 4.74 Å². The molecule has 0 atom stereocenters. The van der Waals surface area contributed by atoms with Gasteiger partial charge in [-0.15, -0.1) is 11.3 Å². The molecule has 3 heteroatoms. The van der Waals surface area contributed by atoms with Crippen LogP contribution in [0.4, 0.5) is 0 Å². The number of ether oxygens (including phenoxy) is 1. The van der Waals surface area contributed by atoms with Crippen molar-refractivity contribution in [3.8, 4) is 5.75 Å². The molecule has 0 N–H and O–H groups in total. The van der Waals surface area contributed by atoms with Crippen molar-refractivity contribution >= 4 is 11.3 Å². The largest absolute Gasteiger partial charge is 0.497 e. The molecule has 2 nitrogen and oxygen atoms in total. The second-order valence-corrected chi connectivity index (χ2v) is 4.69. The van der Waals surface area contributed by atoms with Gasteiger partial charge in [0.15, 0.2) is 0 Å². The molecule has 0 unspecified atom stereocenters. The standard InChI is InChI=1S/C12H13NOS/c1-9-13-8-12(15-9)7-10-3-5-11(14-2)6-4-10/h3-6,8H,7H2,1-2H3. The van der Waals surface area contributed by atoms with Crippen LogP contribution in [0.25, 0.3) is 0 Å². The van der Waals surface area contributed by atoms with Crippen LogP contribution in [0.1, 0.15) is 15.4 Å². The molecule has 0 aliphatic rings. The van der Waals surface area contributed by atoms with Crippen LogP contribution >= 0.6 is 11.3 Å². The van der Waals surface area contributed by atoms with E-state index in [2.05, 4.69) is 17.1 Å². The lowest BCUT2D eigenvalue weighted by Gasteiger charge is -2.01. The van der Waals surface area contributed by atoms with E-state index in [9.17, 15) is 0 Å². The van der Waals surface area contributed by atoms with Crippen LogP contribution in [-0.2, 0) is 6.42 Å². The van der Waals surface area contributed by atoms with E-state index in [0.29, 0.717) is 0 Å². The third kappa shape index (κ3) is 2.57. The van der Waals surface area contributed by atoms with Crippen molar-refractivity contribution in [3.63, 3.8) is 0 Å². The van der Waals surface area contributed by atoms with Crippen LogP contribution in [0.2, 0.25) is 0 Å². The quantitative estimate of drug-likeness (QED) is 0.791. The fourth-order valence-corrected chi connectivity index (χ4v) is 2.26. The molecule has 0 fully saturated rings. The van der Waals surface area contributed by atoms with Crippen molar-refractivity contribution in [2.45, 2.75) is 13.3 Å². The van der Waals surface area contributed by atoms with E-state index in [1.165, 1.54) is 10.4 Å². The van der Waals surface area contributed by atoms with Crippen LogP contribution in [-0.4, -0.2) is 12.1 Å². The molecule has 0 bridgehead atoms. The molecule has 0 spiro atoms. The predicted octanol–water partition coefficient (Wildman–Crippen LogP) is 3.05. The van der Waals surface area contributed by atoms with Crippen molar-refractivity contribution in [1.29, 1.82) is 0 Å². The first kappa shape index (κ1) is 10.2. The first-order chi connectivity index (χ1) is 7.28. The van der Waals surface area contributed by atoms with Crippen LogP contribution in [0.15, 0.2) is 30.5 Å². The summed E-state index contributed by atoms with van der Waals surface area (Å²) < 4.78 is 5.11. The Morgan fingerprint density at radius 2 is 2.00 bits per heavy atom. The summed E-state index contributed by atoms with van der Waals surface area (Å²) in [7, 11) is 1.68. The average Bonchev–Trinajstić information content (AvgIpc) is 2.65. The zero-order chi connectivity index (χ0) is 10.7. The summed E-state index contributed by atoms with van der Waals surface area (Å²) in [5.74, 6) is 0.902. The maximum absolute atomic E-state index is 5.11. The minimum Gasteiger partial charge on any atom is -0.497 e. The van der Waals surface area contributed by atoms with Crippen molar-refractivity contribution in [1.82, 2.24) is 4.98 Å². The molecule has 1 heterocycles. The van der Waals surface area contributed by atoms with Gasteiger partial charge in [-0.1, -0.05) is 12.1 Å². The number of aromatic nitrogens is 1. The molecule has 78 valence electrons. The average molecular weight is 219 g/mol. The summed E-state index contributed by atoms with van der Waals surface area (Å²) in [4.78, 5) is 5.54. The predicted molar refractivity (Wildman–Crippen MR) is 62.7 cm³/mol. The van der Waals surface area contributed by atoms with E-state index in [0.717, 1.165) is 17.2 Å². The first-order valence-corrected chi connectivity index (χ1v) is 5.64. The summed E-state index contributed by atoms with van der Waals surface area (Å²) in [6, 6.07) is 8.16. The summed E-state index contributed by atoms with van der Waals surface area (Å²) in [5.41, 5.74) is 1.29. The highest BCUT2D eigenvalue weighted by atomic mass is 32.1. The van der Waals surface area contributed by atoms with Crippen molar-refractivity contribution in [2.75, 3.05) is 7.11 Å². The number of nitrogens with zero attached hydrogens (tertiary/aromatic N) is 1. The summed E-state index contributed by atoms with van der Waals surface area (Å²) in [6.45, 7) is 2.03. The molecule has 0 aliphatic carbocycles. The number of thiazole rings is 1. The molecule has 0 aliphatic heterocycles. The molecule has 1 aromatic heterocycles. The highest BCUT2D eigenvalue weighted by molar-refractivity contribution is 7.11. The van der Waals surface area contributed by atoms with E-state index < -0.39 is 0 Å². The molecule has 0 saturated carbocycles. The van der Waals surface area contributed by atoms with E-state index in [-0.39, 0.29) is 0 Å². The van der Waals surface area contributed by atoms with Crippen LogP contribution in [0.5, 0.6) is 5.75 Å². The Bertz CT molecular complexity index is 433. The molecule has 1 aromatic carbocycles. The minimum atomic E-state index is 0.902. The lowest BCUT2D eigenvalue weighted by Crippen LogP contribution is -1.86. The smallest absolute Gasteiger partial charge is 0.118 e. The lowest BCUT2D eigenvalue weighted by molar-refractivity contribution is 0.414. The van der Waals surface area contributed by atoms with Gasteiger partial charge in [0.1, 0.15) is 5.75 Å². The molecule has 2 rings (SSSR count). The topological polar surface area (TPSA) is 22.1 Å². The Morgan fingerprint density at radius 3 is 2.53 bits per heavy atom. The molecule has 0 amide bonds. The number of rotatable bonds is 3. The highest BCUT2D eigenvalue weighted by Crippen LogP contribution is 2.18. The molecule has 0 radical (unpaired) electrons. The van der Waals surface area contributed by atoms with Crippen LogP contribution < -0.4 is 4.74 Å². The Labute approximate surface area is 93.6 Å². The van der Waals surface area contributed by atoms with Gasteiger partial charge in [-0.3, -0.25) is 0 Å². The van der Waals surface area contributed by atoms with E-state index in [4.69, 9.17) is 4.74 Å². The van der Waals surface area contributed by atoms with Gasteiger partial charge in [-0.05, 0) is 24.6 Å². The molecular weight excluding hydrogens is 206 g/mol. The first-order valence-electron chi connectivity index (χ1n) is 4.82. The second-order valence-electron chi connectivity index (χ2n) is 3.37. The maximum Gasteiger partial charge on any atom is 0.118 e. The lowest BCUT2D eigenvalue weighted by atomic mass is 10.1. The number of hydrogen-bond acceptors (Lipinski definition) is 3. The van der Waals surface area contributed by atoms with Gasteiger partial charge in [0.05, 0.1) is 12.1 Å². The molecule has 0 saturated heterocycles. The number of methoxy groups -OCH3 is 1. The van der Waals surface area contributed by atoms with Gasteiger partial charge in [0.2, 0.25) is 0 Å². The van der Waals surface area contributed by atoms with E-state index >= 15 is 0 Å². The number of aryl methyl sites for hydroxylation is 1. The molecule has 2 aromatic rings. The number of hydrogen-bond donors (Lipinski definition) is 0. The zero-order valence-electron chi connectivity index (χ0n) is 8.86. The van der Waals surface area contributed by atoms with E-state index in [1.807, 2.05) is 25.3 Å². The van der Waals surface area contributed by atoms with Crippen LogP contribution in [0.3, 0.4) is 0 Å². The number of benzene rings is 1.